The lowest BCUT2D eigenvalue weighted by Crippen LogP contribution is -2.34. The molecule has 1 aliphatic carbocycles. The minimum absolute atomic E-state index is 0.181. The fourth-order valence-corrected chi connectivity index (χ4v) is 3.22. The van der Waals surface area contributed by atoms with Crippen LogP contribution >= 0.6 is 11.3 Å². The van der Waals surface area contributed by atoms with Gasteiger partial charge in [0.2, 0.25) is 0 Å². The van der Waals surface area contributed by atoms with Crippen LogP contribution in [0.15, 0.2) is 11.6 Å². The van der Waals surface area contributed by atoms with Gasteiger partial charge in [0.1, 0.15) is 5.01 Å². The highest BCUT2D eigenvalue weighted by Gasteiger charge is 2.19. The predicted octanol–water partition coefficient (Wildman–Crippen LogP) is 2.75. The SMILES string of the molecule is CC1CCC(OCC(O)CNC(C)c2nccs2)CC1. The lowest BCUT2D eigenvalue weighted by atomic mass is 9.89. The van der Waals surface area contributed by atoms with E-state index in [2.05, 4.69) is 24.1 Å². The van der Waals surface area contributed by atoms with E-state index in [1.54, 1.807) is 11.3 Å². The third-order valence-corrected chi connectivity index (χ3v) is 4.93. The van der Waals surface area contributed by atoms with Gasteiger partial charge in [-0.05, 0) is 38.5 Å². The molecule has 2 rings (SSSR count). The first kappa shape index (κ1) is 15.9. The normalized spacial score (nSPS) is 26.4. The number of rotatable bonds is 7. The van der Waals surface area contributed by atoms with E-state index in [4.69, 9.17) is 4.74 Å². The summed E-state index contributed by atoms with van der Waals surface area (Å²) in [5.41, 5.74) is 0. The van der Waals surface area contributed by atoms with Gasteiger partial charge in [-0.1, -0.05) is 6.92 Å². The van der Waals surface area contributed by atoms with Crippen molar-refractivity contribution in [1.29, 1.82) is 0 Å². The average molecular weight is 298 g/mol. The Hall–Kier alpha value is -0.490. The molecule has 1 aromatic heterocycles. The Balaban J connectivity index is 1.59. The number of nitrogens with zero attached hydrogens (tertiary/aromatic N) is 1. The summed E-state index contributed by atoms with van der Waals surface area (Å²) in [6.45, 7) is 5.34. The second kappa shape index (κ2) is 8.08. The highest BCUT2D eigenvalue weighted by molar-refractivity contribution is 7.09. The lowest BCUT2D eigenvalue weighted by Gasteiger charge is -2.27. The number of hydrogen-bond donors (Lipinski definition) is 2. The summed E-state index contributed by atoms with van der Waals surface area (Å²) < 4.78 is 5.81. The second-order valence-electron chi connectivity index (χ2n) is 5.87. The Morgan fingerprint density at radius 3 is 2.85 bits per heavy atom. The smallest absolute Gasteiger partial charge is 0.109 e. The molecule has 5 heteroatoms. The van der Waals surface area contributed by atoms with Crippen LogP contribution in [0.1, 0.15) is 50.6 Å². The number of aliphatic hydroxyl groups excluding tert-OH is 1. The minimum atomic E-state index is -0.447. The molecule has 0 amide bonds. The summed E-state index contributed by atoms with van der Waals surface area (Å²) in [6, 6.07) is 0.181. The van der Waals surface area contributed by atoms with E-state index in [0.29, 0.717) is 19.3 Å². The third-order valence-electron chi connectivity index (χ3n) is 3.97. The van der Waals surface area contributed by atoms with Crippen LogP contribution in [0.5, 0.6) is 0 Å². The summed E-state index contributed by atoms with van der Waals surface area (Å²) >= 11 is 1.63. The molecule has 0 spiro atoms. The summed E-state index contributed by atoms with van der Waals surface area (Å²) in [6.07, 6.45) is 6.48. The van der Waals surface area contributed by atoms with E-state index in [1.165, 1.54) is 12.8 Å². The third kappa shape index (κ3) is 5.13. The van der Waals surface area contributed by atoms with Crippen molar-refractivity contribution in [2.24, 2.45) is 5.92 Å². The molecule has 4 nitrogen and oxygen atoms in total. The number of ether oxygens (including phenoxy) is 1. The molecule has 20 heavy (non-hydrogen) atoms. The van der Waals surface area contributed by atoms with Gasteiger partial charge >= 0.3 is 0 Å². The van der Waals surface area contributed by atoms with Crippen LogP contribution < -0.4 is 5.32 Å². The monoisotopic (exact) mass is 298 g/mol. The largest absolute Gasteiger partial charge is 0.389 e. The first-order valence-corrected chi connectivity index (χ1v) is 8.45. The molecule has 0 saturated heterocycles. The summed E-state index contributed by atoms with van der Waals surface area (Å²) in [5, 5.41) is 16.3. The van der Waals surface area contributed by atoms with Gasteiger partial charge in [-0.25, -0.2) is 4.98 Å². The Morgan fingerprint density at radius 1 is 1.45 bits per heavy atom. The van der Waals surface area contributed by atoms with Crippen molar-refractivity contribution >= 4 is 11.3 Å². The molecule has 0 bridgehead atoms. The first-order chi connectivity index (χ1) is 9.65. The second-order valence-corrected chi connectivity index (χ2v) is 6.80. The predicted molar refractivity (Wildman–Crippen MR) is 81.9 cm³/mol. The van der Waals surface area contributed by atoms with E-state index in [0.717, 1.165) is 23.8 Å². The number of aliphatic hydroxyl groups is 1. The van der Waals surface area contributed by atoms with Crippen molar-refractivity contribution in [2.75, 3.05) is 13.2 Å². The lowest BCUT2D eigenvalue weighted by molar-refractivity contribution is -0.0283. The molecule has 0 radical (unpaired) electrons. The molecule has 1 heterocycles. The molecular weight excluding hydrogens is 272 g/mol. The summed E-state index contributed by atoms with van der Waals surface area (Å²) in [5.74, 6) is 0.834. The number of hydrogen-bond acceptors (Lipinski definition) is 5. The minimum Gasteiger partial charge on any atom is -0.389 e. The highest BCUT2D eigenvalue weighted by atomic mass is 32.1. The Bertz CT molecular complexity index is 364. The molecule has 0 aromatic carbocycles. The van der Waals surface area contributed by atoms with Crippen LogP contribution in [0, 0.1) is 5.92 Å². The molecule has 114 valence electrons. The summed E-state index contributed by atoms with van der Waals surface area (Å²) in [4.78, 5) is 4.26. The van der Waals surface area contributed by atoms with Crippen molar-refractivity contribution in [2.45, 2.75) is 57.8 Å². The molecular formula is C15H26N2O2S. The maximum atomic E-state index is 9.97. The first-order valence-electron chi connectivity index (χ1n) is 7.57. The van der Waals surface area contributed by atoms with Gasteiger partial charge < -0.3 is 15.2 Å². The Labute approximate surface area is 125 Å². The van der Waals surface area contributed by atoms with E-state index in [-0.39, 0.29) is 6.04 Å². The van der Waals surface area contributed by atoms with Gasteiger partial charge in [0.05, 0.1) is 24.9 Å². The van der Waals surface area contributed by atoms with Gasteiger partial charge in [-0.3, -0.25) is 0 Å². The van der Waals surface area contributed by atoms with Crippen LogP contribution in [0.2, 0.25) is 0 Å². The highest BCUT2D eigenvalue weighted by Crippen LogP contribution is 2.25. The van der Waals surface area contributed by atoms with Crippen LogP contribution in [-0.4, -0.2) is 35.5 Å². The van der Waals surface area contributed by atoms with E-state index < -0.39 is 6.10 Å². The average Bonchev–Trinajstić information content (AvgIpc) is 2.98. The molecule has 2 N–H and O–H groups in total. The van der Waals surface area contributed by atoms with Crippen molar-refractivity contribution in [3.63, 3.8) is 0 Å². The molecule has 0 aliphatic heterocycles. The van der Waals surface area contributed by atoms with Crippen molar-refractivity contribution in [3.05, 3.63) is 16.6 Å². The molecule has 1 fully saturated rings. The van der Waals surface area contributed by atoms with Crippen molar-refractivity contribution in [3.8, 4) is 0 Å². The van der Waals surface area contributed by atoms with Gasteiger partial charge in [-0.15, -0.1) is 11.3 Å². The zero-order valence-electron chi connectivity index (χ0n) is 12.4. The fourth-order valence-electron chi connectivity index (χ4n) is 2.55. The molecule has 1 saturated carbocycles. The Morgan fingerprint density at radius 2 is 2.20 bits per heavy atom. The number of thiazole rings is 1. The zero-order valence-corrected chi connectivity index (χ0v) is 13.2. The molecule has 2 unspecified atom stereocenters. The fraction of sp³-hybridized carbons (Fsp3) is 0.800. The van der Waals surface area contributed by atoms with Crippen LogP contribution in [0.3, 0.4) is 0 Å². The van der Waals surface area contributed by atoms with Gasteiger partial charge in [0.25, 0.3) is 0 Å². The maximum absolute atomic E-state index is 9.97. The molecule has 1 aromatic rings. The molecule has 2 atom stereocenters. The maximum Gasteiger partial charge on any atom is 0.109 e. The quantitative estimate of drug-likeness (QED) is 0.813. The van der Waals surface area contributed by atoms with E-state index in [9.17, 15) is 5.11 Å². The molecule has 1 aliphatic rings. The van der Waals surface area contributed by atoms with Crippen LogP contribution in [0.4, 0.5) is 0 Å². The van der Waals surface area contributed by atoms with Gasteiger partial charge in [0, 0.05) is 18.1 Å². The topological polar surface area (TPSA) is 54.4 Å². The number of nitrogens with one attached hydrogen (secondary N) is 1. The van der Waals surface area contributed by atoms with E-state index >= 15 is 0 Å². The Kier molecular flexibility index (Phi) is 6.42. The summed E-state index contributed by atoms with van der Waals surface area (Å²) in [7, 11) is 0. The zero-order chi connectivity index (χ0) is 14.4. The van der Waals surface area contributed by atoms with Crippen molar-refractivity contribution in [1.82, 2.24) is 10.3 Å². The van der Waals surface area contributed by atoms with Crippen LogP contribution in [0.25, 0.3) is 0 Å². The van der Waals surface area contributed by atoms with Gasteiger partial charge in [-0.2, -0.15) is 0 Å². The van der Waals surface area contributed by atoms with Crippen molar-refractivity contribution < 1.29 is 9.84 Å². The van der Waals surface area contributed by atoms with E-state index in [1.807, 2.05) is 11.6 Å². The van der Waals surface area contributed by atoms with Crippen LogP contribution in [-0.2, 0) is 4.74 Å². The standard InChI is InChI=1S/C15H26N2O2S/c1-11-3-5-14(6-4-11)19-10-13(18)9-17-12(2)15-16-7-8-20-15/h7-8,11-14,17-18H,3-6,9-10H2,1-2H3. The van der Waals surface area contributed by atoms with Gasteiger partial charge in [0.15, 0.2) is 0 Å². The number of aromatic nitrogens is 1.